The average molecular weight is 544 g/mol. The summed E-state index contributed by atoms with van der Waals surface area (Å²) in [5, 5.41) is 31.6. The highest BCUT2D eigenvalue weighted by Gasteiger charge is 2.57. The van der Waals surface area contributed by atoms with Crippen molar-refractivity contribution >= 4 is 36.4 Å². The monoisotopic (exact) mass is 544 g/mol. The molecule has 2 heterocycles. The highest BCUT2D eigenvalue weighted by Crippen LogP contribution is 2.51. The molecule has 2 aromatic carbocycles. The standard InChI is InChI=1S/C30H33BN2O7/c1-3-5-19(15-20-8-11-23(34)12-9-20)10-13-26-27-18(2)14-24-28(25(27)17-31(37)40-26)30(36)32(29(24)35)21-6-4-7-22(16-21)33(38)39/h4,6-9,11-12,15-16,24-26,28,34,37H,3,5,10,13-14,17H2,1-2H3/b19-15+/t24-,25+,26-,28-/m1/s1. The molecule has 2 amide bonds. The number of anilines is 1. The summed E-state index contributed by atoms with van der Waals surface area (Å²) in [6, 6.07) is 12.6. The van der Waals surface area contributed by atoms with E-state index in [1.54, 1.807) is 18.2 Å². The van der Waals surface area contributed by atoms with Crippen molar-refractivity contribution in [2.75, 3.05) is 4.90 Å². The van der Waals surface area contributed by atoms with E-state index in [4.69, 9.17) is 4.65 Å². The molecule has 1 aliphatic carbocycles. The SMILES string of the molecule is CCC/C(=C\c1ccc(O)cc1)CC[C@H]1OB(O)C[C@H]2C1=C(C)C[C@H]1C(=O)N(c3cccc([N+](=O)[O-])c3)C(=O)[C@H]12. The van der Waals surface area contributed by atoms with Gasteiger partial charge in [0.25, 0.3) is 5.69 Å². The van der Waals surface area contributed by atoms with Gasteiger partial charge in [0.2, 0.25) is 11.8 Å². The number of phenols is 1. The van der Waals surface area contributed by atoms with Gasteiger partial charge in [-0.15, -0.1) is 0 Å². The van der Waals surface area contributed by atoms with Crippen LogP contribution in [-0.4, -0.2) is 40.1 Å². The van der Waals surface area contributed by atoms with Crippen LogP contribution in [-0.2, 0) is 14.2 Å². The highest BCUT2D eigenvalue weighted by molar-refractivity contribution is 6.43. The van der Waals surface area contributed by atoms with E-state index < -0.39 is 23.9 Å². The lowest BCUT2D eigenvalue weighted by molar-refractivity contribution is -0.384. The molecular formula is C30H33BN2O7. The summed E-state index contributed by atoms with van der Waals surface area (Å²) in [5.41, 5.74) is 4.23. The third-order valence-corrected chi connectivity index (χ3v) is 8.31. The molecule has 5 rings (SSSR count). The Balaban J connectivity index is 1.40. The molecule has 4 atom stereocenters. The molecule has 0 unspecified atom stereocenters. The molecule has 2 fully saturated rings. The Morgan fingerprint density at radius 2 is 1.90 bits per heavy atom. The van der Waals surface area contributed by atoms with Crippen LogP contribution in [0.5, 0.6) is 5.75 Å². The number of nitro benzene ring substituents is 1. The Bertz CT molecular complexity index is 1390. The van der Waals surface area contributed by atoms with Gasteiger partial charge >= 0.3 is 7.12 Å². The van der Waals surface area contributed by atoms with Crippen LogP contribution in [0, 0.1) is 27.9 Å². The van der Waals surface area contributed by atoms with E-state index in [9.17, 15) is 29.8 Å². The van der Waals surface area contributed by atoms with Crippen LogP contribution in [0.25, 0.3) is 6.08 Å². The number of phenolic OH excluding ortho intramolecular Hbond substituents is 1. The van der Waals surface area contributed by atoms with Gasteiger partial charge < -0.3 is 14.8 Å². The van der Waals surface area contributed by atoms with E-state index in [2.05, 4.69) is 13.0 Å². The van der Waals surface area contributed by atoms with E-state index in [1.807, 2.05) is 19.1 Å². The molecule has 0 aromatic heterocycles. The van der Waals surface area contributed by atoms with Gasteiger partial charge in [-0.05, 0) is 74.2 Å². The molecule has 0 bridgehead atoms. The van der Waals surface area contributed by atoms with E-state index in [1.165, 1.54) is 23.8 Å². The van der Waals surface area contributed by atoms with Crippen LogP contribution >= 0.6 is 0 Å². The lowest BCUT2D eigenvalue weighted by Gasteiger charge is -2.42. The summed E-state index contributed by atoms with van der Waals surface area (Å²) in [4.78, 5) is 39.1. The molecule has 2 aromatic rings. The third kappa shape index (κ3) is 5.33. The second-order valence-electron chi connectivity index (χ2n) is 11.0. The van der Waals surface area contributed by atoms with Gasteiger partial charge in [-0.3, -0.25) is 19.7 Å². The normalized spacial score (nSPS) is 24.8. The Morgan fingerprint density at radius 3 is 2.60 bits per heavy atom. The minimum absolute atomic E-state index is 0.187. The molecule has 9 nitrogen and oxygen atoms in total. The number of fused-ring (bicyclic) bond motifs is 3. The molecule has 2 aliphatic heterocycles. The van der Waals surface area contributed by atoms with Crippen molar-refractivity contribution < 1.29 is 29.3 Å². The fraction of sp³-hybridized carbons (Fsp3) is 0.400. The number of imide groups is 1. The number of amides is 2. The number of hydrogen-bond acceptors (Lipinski definition) is 7. The molecule has 40 heavy (non-hydrogen) atoms. The fourth-order valence-electron chi connectivity index (χ4n) is 6.63. The summed E-state index contributed by atoms with van der Waals surface area (Å²) >= 11 is 0. The molecule has 0 radical (unpaired) electrons. The quantitative estimate of drug-likeness (QED) is 0.152. The molecule has 3 aliphatic rings. The minimum atomic E-state index is -1.06. The van der Waals surface area contributed by atoms with Crippen LogP contribution in [0.3, 0.4) is 0 Å². The summed E-state index contributed by atoms with van der Waals surface area (Å²) in [7, 11) is -1.06. The first-order valence-corrected chi connectivity index (χ1v) is 13.8. The largest absolute Gasteiger partial charge is 0.508 e. The maximum absolute atomic E-state index is 13.7. The Labute approximate surface area is 233 Å². The first-order chi connectivity index (χ1) is 19.2. The van der Waals surface area contributed by atoms with Crippen LogP contribution < -0.4 is 4.90 Å². The zero-order valence-electron chi connectivity index (χ0n) is 22.7. The fourth-order valence-corrected chi connectivity index (χ4v) is 6.63. The molecule has 10 heteroatoms. The van der Waals surface area contributed by atoms with Crippen LogP contribution in [0.2, 0.25) is 6.32 Å². The van der Waals surface area contributed by atoms with Gasteiger partial charge in [0, 0.05) is 12.1 Å². The number of carbonyl (C=O) groups is 2. The summed E-state index contributed by atoms with van der Waals surface area (Å²) in [6.07, 6.45) is 5.58. The molecular weight excluding hydrogens is 511 g/mol. The van der Waals surface area contributed by atoms with Gasteiger partial charge in [-0.25, -0.2) is 4.90 Å². The minimum Gasteiger partial charge on any atom is -0.508 e. The van der Waals surface area contributed by atoms with Gasteiger partial charge in [-0.2, -0.15) is 0 Å². The molecule has 0 spiro atoms. The topological polar surface area (TPSA) is 130 Å². The molecule has 208 valence electrons. The number of carbonyl (C=O) groups excluding carboxylic acids is 2. The van der Waals surface area contributed by atoms with Crippen molar-refractivity contribution in [2.24, 2.45) is 17.8 Å². The Kier molecular flexibility index (Phi) is 7.91. The summed E-state index contributed by atoms with van der Waals surface area (Å²) in [6.45, 7) is 4.09. The number of nitro groups is 1. The Morgan fingerprint density at radius 1 is 1.15 bits per heavy atom. The lowest BCUT2D eigenvalue weighted by Crippen LogP contribution is -2.46. The van der Waals surface area contributed by atoms with Gasteiger partial charge in [0.1, 0.15) is 5.75 Å². The number of nitrogens with zero attached hydrogens (tertiary/aromatic N) is 2. The number of non-ortho nitro benzene ring substituents is 1. The third-order valence-electron chi connectivity index (χ3n) is 8.31. The van der Waals surface area contributed by atoms with Crippen molar-refractivity contribution in [1.82, 2.24) is 0 Å². The second kappa shape index (κ2) is 11.4. The van der Waals surface area contributed by atoms with E-state index in [0.29, 0.717) is 12.8 Å². The molecule has 0 saturated carbocycles. The van der Waals surface area contributed by atoms with Gasteiger partial charge in [0.05, 0.1) is 28.6 Å². The number of allylic oxidation sites excluding steroid dienone is 2. The molecule has 2 saturated heterocycles. The van der Waals surface area contributed by atoms with E-state index in [-0.39, 0.29) is 47.3 Å². The maximum Gasteiger partial charge on any atom is 0.455 e. The Hall–Kier alpha value is -3.76. The predicted molar refractivity (Wildman–Crippen MR) is 151 cm³/mol. The lowest BCUT2D eigenvalue weighted by atomic mass is 9.58. The number of hydrogen-bond donors (Lipinski definition) is 2. The number of rotatable bonds is 8. The highest BCUT2D eigenvalue weighted by atomic mass is 16.6. The van der Waals surface area contributed by atoms with Crippen molar-refractivity contribution in [1.29, 1.82) is 0 Å². The number of aromatic hydroxyl groups is 1. The first-order valence-electron chi connectivity index (χ1n) is 13.8. The zero-order valence-corrected chi connectivity index (χ0v) is 22.7. The average Bonchev–Trinajstić information content (AvgIpc) is 3.17. The van der Waals surface area contributed by atoms with Crippen molar-refractivity contribution in [3.05, 3.63) is 80.9 Å². The number of benzene rings is 2. The first kappa shape index (κ1) is 27.8. The predicted octanol–water partition coefficient (Wildman–Crippen LogP) is 5.29. The van der Waals surface area contributed by atoms with Crippen molar-refractivity contribution in [3.63, 3.8) is 0 Å². The van der Waals surface area contributed by atoms with E-state index in [0.717, 1.165) is 40.9 Å². The van der Waals surface area contributed by atoms with E-state index >= 15 is 0 Å². The second-order valence-corrected chi connectivity index (χ2v) is 11.0. The smallest absolute Gasteiger partial charge is 0.455 e. The van der Waals surface area contributed by atoms with Gasteiger partial charge in [-0.1, -0.05) is 48.8 Å². The zero-order chi connectivity index (χ0) is 28.6. The van der Waals surface area contributed by atoms with Crippen LogP contribution in [0.15, 0.2) is 65.3 Å². The van der Waals surface area contributed by atoms with Crippen LogP contribution in [0.1, 0.15) is 51.5 Å². The van der Waals surface area contributed by atoms with Crippen LogP contribution in [0.4, 0.5) is 11.4 Å². The summed E-state index contributed by atoms with van der Waals surface area (Å²) in [5.74, 6) is -2.08. The van der Waals surface area contributed by atoms with Crippen molar-refractivity contribution in [2.45, 2.75) is 58.4 Å². The maximum atomic E-state index is 13.7. The van der Waals surface area contributed by atoms with Gasteiger partial charge in [0.15, 0.2) is 0 Å². The molecule has 2 N–H and O–H groups in total. The van der Waals surface area contributed by atoms with Crippen molar-refractivity contribution in [3.8, 4) is 5.75 Å². The summed E-state index contributed by atoms with van der Waals surface area (Å²) < 4.78 is 6.04.